The average Bonchev–Trinajstić information content (AvgIpc) is 2.59. The molecule has 0 saturated heterocycles. The third-order valence-corrected chi connectivity index (χ3v) is 2.15. The van der Waals surface area contributed by atoms with E-state index in [4.69, 9.17) is 6.42 Å². The van der Waals surface area contributed by atoms with E-state index in [-0.39, 0.29) is 6.04 Å². The Balaban J connectivity index is 2.25. The van der Waals surface area contributed by atoms with Crippen LogP contribution in [0.5, 0.6) is 0 Å². The lowest BCUT2D eigenvalue weighted by molar-refractivity contribution is 0.587. The zero-order chi connectivity index (χ0) is 10.4. The third-order valence-electron chi connectivity index (χ3n) is 2.15. The zero-order valence-corrected chi connectivity index (χ0v) is 8.83. The highest BCUT2D eigenvalue weighted by molar-refractivity contribution is 5.01. The van der Waals surface area contributed by atoms with E-state index in [1.165, 1.54) is 0 Å². The van der Waals surface area contributed by atoms with Gasteiger partial charge in [0.25, 0.3) is 0 Å². The van der Waals surface area contributed by atoms with Crippen LogP contribution in [-0.4, -0.2) is 22.4 Å². The van der Waals surface area contributed by atoms with E-state index < -0.39 is 0 Å². The molecule has 0 aliphatic rings. The largest absolute Gasteiger partial charge is 0.303 e. The number of nitrogens with one attached hydrogen (secondary N) is 1. The molecular formula is C11H17N3. The second-order valence-corrected chi connectivity index (χ2v) is 3.31. The van der Waals surface area contributed by atoms with Crippen LogP contribution < -0.4 is 5.32 Å². The lowest BCUT2D eigenvalue weighted by Gasteiger charge is -2.08. The van der Waals surface area contributed by atoms with Crippen LogP contribution in [0.3, 0.4) is 0 Å². The van der Waals surface area contributed by atoms with E-state index in [1.54, 1.807) is 0 Å². The maximum absolute atomic E-state index is 5.33. The molecule has 0 spiro atoms. The van der Waals surface area contributed by atoms with Crippen LogP contribution in [0.2, 0.25) is 0 Å². The molecule has 1 atom stereocenters. The summed E-state index contributed by atoms with van der Waals surface area (Å²) in [5, 5.41) is 7.58. The normalized spacial score (nSPS) is 12.4. The summed E-state index contributed by atoms with van der Waals surface area (Å²) in [5.41, 5.74) is 1.10. The Morgan fingerprint density at radius 3 is 3.00 bits per heavy atom. The van der Waals surface area contributed by atoms with Crippen molar-refractivity contribution in [3.63, 3.8) is 0 Å². The summed E-state index contributed by atoms with van der Waals surface area (Å²) in [5.74, 6) is 2.71. The van der Waals surface area contributed by atoms with Crippen molar-refractivity contribution >= 4 is 0 Å². The van der Waals surface area contributed by atoms with Gasteiger partial charge in [0, 0.05) is 26.2 Å². The summed E-state index contributed by atoms with van der Waals surface area (Å²) in [6.45, 7) is 2.97. The summed E-state index contributed by atoms with van der Waals surface area (Å²) < 4.78 is 1.81. The minimum absolute atomic E-state index is 0.193. The fourth-order valence-electron chi connectivity index (χ4n) is 1.29. The van der Waals surface area contributed by atoms with Gasteiger partial charge in [0.2, 0.25) is 0 Å². The van der Waals surface area contributed by atoms with Crippen LogP contribution in [-0.2, 0) is 13.5 Å². The number of terminal acetylenes is 1. The minimum atomic E-state index is 0.193. The Hall–Kier alpha value is -1.27. The van der Waals surface area contributed by atoms with Gasteiger partial charge < -0.3 is 5.32 Å². The fraction of sp³-hybridized carbons (Fsp3) is 0.545. The van der Waals surface area contributed by atoms with Crippen molar-refractivity contribution in [2.45, 2.75) is 25.8 Å². The number of aryl methyl sites for hydroxylation is 1. The first kappa shape index (κ1) is 10.8. The van der Waals surface area contributed by atoms with E-state index in [2.05, 4.69) is 23.3 Å². The second kappa shape index (κ2) is 5.46. The van der Waals surface area contributed by atoms with Crippen molar-refractivity contribution in [2.75, 3.05) is 6.54 Å². The Bertz CT molecular complexity index is 309. The number of aromatic nitrogens is 2. The van der Waals surface area contributed by atoms with Crippen LogP contribution in [0.25, 0.3) is 0 Å². The van der Waals surface area contributed by atoms with Crippen LogP contribution in [0.4, 0.5) is 0 Å². The van der Waals surface area contributed by atoms with Crippen molar-refractivity contribution in [3.05, 3.63) is 18.0 Å². The maximum atomic E-state index is 5.33. The van der Waals surface area contributed by atoms with Crippen LogP contribution in [0, 0.1) is 12.3 Å². The Kier molecular flexibility index (Phi) is 4.21. The number of nitrogens with zero attached hydrogens (tertiary/aromatic N) is 2. The van der Waals surface area contributed by atoms with Gasteiger partial charge in [-0.1, -0.05) is 12.8 Å². The molecule has 1 heterocycles. The Morgan fingerprint density at radius 2 is 2.50 bits per heavy atom. The van der Waals surface area contributed by atoms with Gasteiger partial charge in [0.1, 0.15) is 0 Å². The lowest BCUT2D eigenvalue weighted by atomic mass is 10.2. The number of hydrogen-bond donors (Lipinski definition) is 1. The maximum Gasteiger partial charge on any atom is 0.0684 e. The molecule has 0 saturated carbocycles. The van der Waals surface area contributed by atoms with E-state index in [0.29, 0.717) is 0 Å². The van der Waals surface area contributed by atoms with E-state index >= 15 is 0 Å². The van der Waals surface area contributed by atoms with Gasteiger partial charge in [-0.3, -0.25) is 4.68 Å². The van der Waals surface area contributed by atoms with Gasteiger partial charge in [-0.15, -0.1) is 6.42 Å². The van der Waals surface area contributed by atoms with E-state index in [9.17, 15) is 0 Å². The molecule has 1 aromatic rings. The zero-order valence-electron chi connectivity index (χ0n) is 8.83. The monoisotopic (exact) mass is 191 g/mol. The molecular weight excluding hydrogens is 174 g/mol. The van der Waals surface area contributed by atoms with Gasteiger partial charge in [-0.25, -0.2) is 0 Å². The van der Waals surface area contributed by atoms with Crippen molar-refractivity contribution in [3.8, 4) is 12.3 Å². The third kappa shape index (κ3) is 3.23. The van der Waals surface area contributed by atoms with Crippen molar-refractivity contribution in [1.82, 2.24) is 15.1 Å². The molecule has 1 rings (SSSR count). The molecule has 1 N–H and O–H groups in total. The van der Waals surface area contributed by atoms with E-state index in [1.807, 2.05) is 24.0 Å². The summed E-state index contributed by atoms with van der Waals surface area (Å²) in [6, 6.07) is 2.22. The summed E-state index contributed by atoms with van der Waals surface area (Å²) in [4.78, 5) is 0. The highest BCUT2D eigenvalue weighted by Gasteiger charge is 2.01. The lowest BCUT2D eigenvalue weighted by Crippen LogP contribution is -2.28. The molecule has 76 valence electrons. The topological polar surface area (TPSA) is 29.9 Å². The molecule has 0 bridgehead atoms. The first-order chi connectivity index (χ1) is 6.76. The van der Waals surface area contributed by atoms with Crippen molar-refractivity contribution in [2.24, 2.45) is 7.05 Å². The summed E-state index contributed by atoms with van der Waals surface area (Å²) >= 11 is 0. The standard InChI is InChI=1S/C11H17N3/c1-4-10(5-2)12-8-6-11-7-9-14(3)13-11/h1,7,9-10,12H,5-6,8H2,2-3H3. The highest BCUT2D eigenvalue weighted by Crippen LogP contribution is 1.95. The highest BCUT2D eigenvalue weighted by atomic mass is 15.2. The van der Waals surface area contributed by atoms with Gasteiger partial charge in [0.15, 0.2) is 0 Å². The average molecular weight is 191 g/mol. The van der Waals surface area contributed by atoms with Crippen molar-refractivity contribution in [1.29, 1.82) is 0 Å². The fourth-order valence-corrected chi connectivity index (χ4v) is 1.29. The molecule has 3 heteroatoms. The molecule has 0 radical (unpaired) electrons. The Labute approximate surface area is 85.5 Å². The predicted octanol–water partition coefficient (Wildman–Crippen LogP) is 0.964. The van der Waals surface area contributed by atoms with Gasteiger partial charge >= 0.3 is 0 Å². The van der Waals surface area contributed by atoms with Gasteiger partial charge in [-0.2, -0.15) is 5.10 Å². The Morgan fingerprint density at radius 1 is 1.71 bits per heavy atom. The second-order valence-electron chi connectivity index (χ2n) is 3.31. The SMILES string of the molecule is C#CC(CC)NCCc1ccn(C)n1. The van der Waals surface area contributed by atoms with Crippen LogP contribution in [0.15, 0.2) is 12.3 Å². The molecule has 0 aromatic carbocycles. The molecule has 0 amide bonds. The first-order valence-corrected chi connectivity index (χ1v) is 4.94. The summed E-state index contributed by atoms with van der Waals surface area (Å²) in [6.07, 6.45) is 9.19. The molecule has 0 aliphatic heterocycles. The van der Waals surface area contributed by atoms with Crippen LogP contribution >= 0.6 is 0 Å². The van der Waals surface area contributed by atoms with Gasteiger partial charge in [0.05, 0.1) is 11.7 Å². The number of rotatable bonds is 5. The van der Waals surface area contributed by atoms with Crippen molar-refractivity contribution < 1.29 is 0 Å². The molecule has 0 aliphatic carbocycles. The van der Waals surface area contributed by atoms with Crippen LogP contribution in [0.1, 0.15) is 19.0 Å². The molecule has 1 aromatic heterocycles. The number of hydrogen-bond acceptors (Lipinski definition) is 2. The predicted molar refractivity (Wildman–Crippen MR) is 57.8 cm³/mol. The van der Waals surface area contributed by atoms with E-state index in [0.717, 1.165) is 25.1 Å². The molecule has 0 fully saturated rings. The molecule has 3 nitrogen and oxygen atoms in total. The smallest absolute Gasteiger partial charge is 0.0684 e. The molecule has 14 heavy (non-hydrogen) atoms. The minimum Gasteiger partial charge on any atom is -0.303 e. The van der Waals surface area contributed by atoms with Gasteiger partial charge in [-0.05, 0) is 12.5 Å². The molecule has 1 unspecified atom stereocenters. The quantitative estimate of drug-likeness (QED) is 0.703. The first-order valence-electron chi connectivity index (χ1n) is 4.94. The summed E-state index contributed by atoms with van der Waals surface area (Å²) in [7, 11) is 1.92.